The van der Waals surface area contributed by atoms with Gasteiger partial charge in [-0.15, -0.1) is 0 Å². The number of halogens is 1. The van der Waals surface area contributed by atoms with Gasteiger partial charge >= 0.3 is 0 Å². The standard InChI is InChI=1S/C26H27BrN4O5S/c1-37(34,35)31(23-9-5-8-22(27)16-23)18-25(32)30-29-17-21-10-12-24(13-11-21)36-19-26(33)28-15-14-20-6-3-2-4-7-20/h2-13,16-17H,14-15,18-19H2,1H3,(H,28,33)(H,30,32)/b29-17-. The highest BCUT2D eigenvalue weighted by atomic mass is 79.9. The summed E-state index contributed by atoms with van der Waals surface area (Å²) < 4.78 is 31.5. The molecule has 0 spiro atoms. The number of amides is 2. The smallest absolute Gasteiger partial charge is 0.260 e. The maximum absolute atomic E-state index is 12.3. The van der Waals surface area contributed by atoms with E-state index in [0.717, 1.165) is 22.5 Å². The zero-order valence-electron chi connectivity index (χ0n) is 20.1. The molecule has 37 heavy (non-hydrogen) atoms. The van der Waals surface area contributed by atoms with E-state index in [-0.39, 0.29) is 12.5 Å². The van der Waals surface area contributed by atoms with Crippen LogP contribution in [0.5, 0.6) is 5.75 Å². The molecule has 3 aromatic rings. The van der Waals surface area contributed by atoms with E-state index in [1.807, 2.05) is 30.3 Å². The summed E-state index contributed by atoms with van der Waals surface area (Å²) in [7, 11) is -3.68. The molecule has 0 fully saturated rings. The van der Waals surface area contributed by atoms with Gasteiger partial charge in [-0.05, 0) is 60.0 Å². The highest BCUT2D eigenvalue weighted by Crippen LogP contribution is 2.21. The summed E-state index contributed by atoms with van der Waals surface area (Å²) >= 11 is 3.30. The van der Waals surface area contributed by atoms with Gasteiger partial charge in [-0.2, -0.15) is 5.10 Å². The second-order valence-corrected chi connectivity index (χ2v) is 10.8. The van der Waals surface area contributed by atoms with Crippen LogP contribution < -0.4 is 19.8 Å². The maximum Gasteiger partial charge on any atom is 0.260 e. The second-order valence-electron chi connectivity index (χ2n) is 7.99. The monoisotopic (exact) mass is 586 g/mol. The summed E-state index contributed by atoms with van der Waals surface area (Å²) in [6.45, 7) is -0.00189. The van der Waals surface area contributed by atoms with E-state index >= 15 is 0 Å². The Hall–Kier alpha value is -3.70. The Balaban J connectivity index is 1.43. The van der Waals surface area contributed by atoms with Crippen molar-refractivity contribution >= 4 is 49.7 Å². The van der Waals surface area contributed by atoms with Gasteiger partial charge in [0.2, 0.25) is 10.0 Å². The molecule has 0 saturated heterocycles. The van der Waals surface area contributed by atoms with Crippen molar-refractivity contribution in [2.24, 2.45) is 5.10 Å². The lowest BCUT2D eigenvalue weighted by Gasteiger charge is -2.21. The number of nitrogens with zero attached hydrogens (tertiary/aromatic N) is 2. The van der Waals surface area contributed by atoms with Crippen molar-refractivity contribution in [3.8, 4) is 5.75 Å². The Labute approximate surface area is 224 Å². The molecule has 3 aromatic carbocycles. The van der Waals surface area contributed by atoms with Gasteiger partial charge in [0, 0.05) is 11.0 Å². The zero-order valence-corrected chi connectivity index (χ0v) is 22.5. The first-order valence-corrected chi connectivity index (χ1v) is 13.9. The average Bonchev–Trinajstić information content (AvgIpc) is 2.87. The van der Waals surface area contributed by atoms with E-state index in [1.165, 1.54) is 6.21 Å². The quantitative estimate of drug-likeness (QED) is 0.250. The van der Waals surface area contributed by atoms with Gasteiger partial charge in [0.25, 0.3) is 11.8 Å². The van der Waals surface area contributed by atoms with Gasteiger partial charge in [-0.25, -0.2) is 13.8 Å². The van der Waals surface area contributed by atoms with E-state index < -0.39 is 22.5 Å². The molecule has 0 aromatic heterocycles. The summed E-state index contributed by atoms with van der Waals surface area (Å²) in [5, 5.41) is 6.71. The van der Waals surface area contributed by atoms with Crippen LogP contribution in [0.15, 0.2) is 88.4 Å². The molecule has 11 heteroatoms. The first-order chi connectivity index (χ1) is 17.7. The third-order valence-corrected chi connectivity index (χ3v) is 6.65. The van der Waals surface area contributed by atoms with Crippen LogP contribution >= 0.6 is 15.9 Å². The van der Waals surface area contributed by atoms with E-state index in [9.17, 15) is 18.0 Å². The Kier molecular flexibility index (Phi) is 10.2. The van der Waals surface area contributed by atoms with Gasteiger partial charge in [-0.3, -0.25) is 13.9 Å². The number of nitrogens with one attached hydrogen (secondary N) is 2. The molecule has 9 nitrogen and oxygen atoms in total. The van der Waals surface area contributed by atoms with Crippen molar-refractivity contribution in [1.82, 2.24) is 10.7 Å². The van der Waals surface area contributed by atoms with Crippen molar-refractivity contribution in [2.75, 3.05) is 30.3 Å². The number of hydrogen-bond acceptors (Lipinski definition) is 6. The van der Waals surface area contributed by atoms with Gasteiger partial charge in [0.1, 0.15) is 12.3 Å². The number of hydrazone groups is 1. The fourth-order valence-electron chi connectivity index (χ4n) is 3.22. The van der Waals surface area contributed by atoms with Gasteiger partial charge in [0.15, 0.2) is 6.61 Å². The first-order valence-electron chi connectivity index (χ1n) is 11.3. The molecular formula is C26H27BrN4O5S. The molecule has 0 radical (unpaired) electrons. The number of rotatable bonds is 12. The van der Waals surface area contributed by atoms with Crippen molar-refractivity contribution in [3.05, 3.63) is 94.5 Å². The van der Waals surface area contributed by atoms with Crippen LogP contribution in [-0.4, -0.2) is 52.4 Å². The van der Waals surface area contributed by atoms with E-state index in [2.05, 4.69) is 31.8 Å². The van der Waals surface area contributed by atoms with Crippen LogP contribution in [0.1, 0.15) is 11.1 Å². The topological polar surface area (TPSA) is 117 Å². The summed E-state index contributed by atoms with van der Waals surface area (Å²) in [6, 6.07) is 23.3. The Morgan fingerprint density at radius 2 is 1.73 bits per heavy atom. The number of carbonyl (C=O) groups is 2. The molecule has 2 N–H and O–H groups in total. The van der Waals surface area contributed by atoms with Gasteiger partial charge < -0.3 is 10.1 Å². The van der Waals surface area contributed by atoms with Crippen LogP contribution in [0.4, 0.5) is 5.69 Å². The normalized spacial score (nSPS) is 11.2. The van der Waals surface area contributed by atoms with Crippen LogP contribution in [0.2, 0.25) is 0 Å². The summed E-state index contributed by atoms with van der Waals surface area (Å²) in [6.07, 6.45) is 3.19. The molecule has 0 heterocycles. The lowest BCUT2D eigenvalue weighted by molar-refractivity contribution is -0.123. The van der Waals surface area contributed by atoms with Crippen LogP contribution in [0, 0.1) is 0 Å². The Morgan fingerprint density at radius 1 is 1.00 bits per heavy atom. The molecule has 3 rings (SSSR count). The minimum atomic E-state index is -3.68. The summed E-state index contributed by atoms with van der Waals surface area (Å²) in [4.78, 5) is 24.3. The number of sulfonamides is 1. The number of anilines is 1. The molecule has 0 saturated carbocycles. The summed E-state index contributed by atoms with van der Waals surface area (Å²) in [5.74, 6) is -0.299. The molecule has 0 unspecified atom stereocenters. The molecule has 194 valence electrons. The number of carbonyl (C=O) groups excluding carboxylic acids is 2. The molecule has 0 aliphatic heterocycles. The van der Waals surface area contributed by atoms with E-state index in [0.29, 0.717) is 28.0 Å². The Bertz CT molecular complexity index is 1330. The fraction of sp³-hybridized carbons (Fsp3) is 0.192. The maximum atomic E-state index is 12.3. The molecule has 0 aliphatic rings. The lowest BCUT2D eigenvalue weighted by atomic mass is 10.1. The molecule has 2 amide bonds. The largest absolute Gasteiger partial charge is 0.484 e. The average molecular weight is 587 g/mol. The van der Waals surface area contributed by atoms with Crippen LogP contribution in [-0.2, 0) is 26.0 Å². The van der Waals surface area contributed by atoms with E-state index in [1.54, 1.807) is 48.5 Å². The third-order valence-electron chi connectivity index (χ3n) is 5.02. The molecular weight excluding hydrogens is 560 g/mol. The van der Waals surface area contributed by atoms with Crippen LogP contribution in [0.3, 0.4) is 0 Å². The highest BCUT2D eigenvalue weighted by molar-refractivity contribution is 9.10. The predicted octanol–water partition coefficient (Wildman–Crippen LogP) is 3.10. The van der Waals surface area contributed by atoms with Crippen molar-refractivity contribution in [3.63, 3.8) is 0 Å². The molecule has 0 atom stereocenters. The number of hydrogen-bond donors (Lipinski definition) is 2. The number of ether oxygens (including phenoxy) is 1. The highest BCUT2D eigenvalue weighted by Gasteiger charge is 2.20. The lowest BCUT2D eigenvalue weighted by Crippen LogP contribution is -2.39. The fourth-order valence-corrected chi connectivity index (χ4v) is 4.45. The minimum Gasteiger partial charge on any atom is -0.484 e. The predicted molar refractivity (Wildman–Crippen MR) is 147 cm³/mol. The van der Waals surface area contributed by atoms with E-state index in [4.69, 9.17) is 4.74 Å². The molecule has 0 bridgehead atoms. The van der Waals surface area contributed by atoms with Crippen molar-refractivity contribution in [2.45, 2.75) is 6.42 Å². The van der Waals surface area contributed by atoms with Gasteiger partial charge in [0.05, 0.1) is 18.2 Å². The minimum absolute atomic E-state index is 0.104. The van der Waals surface area contributed by atoms with Crippen molar-refractivity contribution in [1.29, 1.82) is 0 Å². The second kappa shape index (κ2) is 13.6. The third kappa shape index (κ3) is 9.70. The first kappa shape index (κ1) is 27.9. The van der Waals surface area contributed by atoms with Gasteiger partial charge in [-0.1, -0.05) is 52.3 Å². The SMILES string of the molecule is CS(=O)(=O)N(CC(=O)N/N=C\c1ccc(OCC(=O)NCCc2ccccc2)cc1)c1cccc(Br)c1. The zero-order chi connectivity index (χ0) is 26.7. The summed E-state index contributed by atoms with van der Waals surface area (Å²) in [5.41, 5.74) is 4.51. The van der Waals surface area contributed by atoms with Crippen LogP contribution in [0.25, 0.3) is 0 Å². The van der Waals surface area contributed by atoms with Crippen molar-refractivity contribution < 1.29 is 22.7 Å². The Morgan fingerprint density at radius 3 is 2.41 bits per heavy atom. The number of benzene rings is 3. The molecule has 0 aliphatic carbocycles.